The number of carbonyl (C=O) groups excluding carboxylic acids is 1. The van der Waals surface area contributed by atoms with E-state index < -0.39 is 5.97 Å². The summed E-state index contributed by atoms with van der Waals surface area (Å²) in [7, 11) is 1.84. The van der Waals surface area contributed by atoms with Gasteiger partial charge in [0.15, 0.2) is 0 Å². The number of aryl methyl sites for hydroxylation is 1. The molecule has 0 aliphatic heterocycles. The Hall–Kier alpha value is -2.18. The smallest absolute Gasteiger partial charge is 0.375 e. The lowest BCUT2D eigenvalue weighted by atomic mass is 10.4. The van der Waals surface area contributed by atoms with Crippen LogP contribution in [0, 0.1) is 0 Å². The van der Waals surface area contributed by atoms with E-state index in [0.717, 1.165) is 0 Å². The van der Waals surface area contributed by atoms with Gasteiger partial charge in [-0.25, -0.2) is 9.78 Å². The van der Waals surface area contributed by atoms with Crippen LogP contribution in [0.2, 0.25) is 0 Å². The van der Waals surface area contributed by atoms with Crippen LogP contribution in [0.5, 0.6) is 0 Å². The molecule has 0 fully saturated rings. The topological polar surface area (TPSA) is 85.7 Å². The Bertz CT molecular complexity index is 501. The largest absolute Gasteiger partial charge is 0.460 e. The van der Waals surface area contributed by atoms with E-state index in [-0.39, 0.29) is 5.82 Å². The van der Waals surface area contributed by atoms with Crippen molar-refractivity contribution in [3.63, 3.8) is 0 Å². The van der Waals surface area contributed by atoms with E-state index in [0.29, 0.717) is 18.1 Å². The van der Waals surface area contributed by atoms with E-state index in [1.54, 1.807) is 24.0 Å². The van der Waals surface area contributed by atoms with Crippen LogP contribution in [0.1, 0.15) is 17.5 Å². The number of hydrogen-bond acceptors (Lipinski definition) is 5. The first-order valence-corrected chi connectivity index (χ1v) is 4.78. The second-order valence-electron chi connectivity index (χ2n) is 3.15. The van der Waals surface area contributed by atoms with Crippen LogP contribution >= 0.6 is 0 Å². The summed E-state index contributed by atoms with van der Waals surface area (Å²) >= 11 is 0. The molecule has 0 bridgehead atoms. The van der Waals surface area contributed by atoms with Crippen LogP contribution in [0.3, 0.4) is 0 Å². The predicted octanol–water partition coefficient (Wildman–Crippen LogP) is 0.382. The van der Waals surface area contributed by atoms with Crippen molar-refractivity contribution in [1.82, 2.24) is 24.7 Å². The van der Waals surface area contributed by atoms with Crippen molar-refractivity contribution >= 4 is 5.97 Å². The van der Waals surface area contributed by atoms with Gasteiger partial charge in [-0.2, -0.15) is 10.1 Å². The van der Waals surface area contributed by atoms with Crippen LogP contribution < -0.4 is 0 Å². The minimum absolute atomic E-state index is 0.0857. The molecule has 0 saturated carbocycles. The van der Waals surface area contributed by atoms with Crippen molar-refractivity contribution in [2.24, 2.45) is 7.05 Å². The number of H-pyrrole nitrogens is 1. The molecule has 0 aliphatic carbocycles. The lowest BCUT2D eigenvalue weighted by Gasteiger charge is -1.94. The monoisotopic (exact) mass is 221 g/mol. The standard InChI is InChI=1S/C9H11N5O2/c1-3-16-9(15)8-11-7(12-13-8)6-4-14(2)5-10-6/h4-5H,3H2,1-2H3,(H,11,12,13). The van der Waals surface area contributed by atoms with Crippen LogP contribution in [-0.2, 0) is 11.8 Å². The number of carbonyl (C=O) groups is 1. The van der Waals surface area contributed by atoms with Crippen molar-refractivity contribution in [1.29, 1.82) is 0 Å². The molecular formula is C9H11N5O2. The number of nitrogens with zero attached hydrogens (tertiary/aromatic N) is 4. The third-order valence-corrected chi connectivity index (χ3v) is 1.89. The fourth-order valence-electron chi connectivity index (χ4n) is 1.20. The highest BCUT2D eigenvalue weighted by atomic mass is 16.5. The summed E-state index contributed by atoms with van der Waals surface area (Å²) in [6.45, 7) is 2.03. The van der Waals surface area contributed by atoms with Gasteiger partial charge in [0.2, 0.25) is 11.6 Å². The summed E-state index contributed by atoms with van der Waals surface area (Å²) in [6.07, 6.45) is 3.40. The average molecular weight is 221 g/mol. The molecule has 0 radical (unpaired) electrons. The number of aromatic nitrogens is 5. The number of nitrogens with one attached hydrogen (secondary N) is 1. The molecule has 7 nitrogen and oxygen atoms in total. The van der Waals surface area contributed by atoms with Gasteiger partial charge in [-0.1, -0.05) is 0 Å². The number of ether oxygens (including phenoxy) is 1. The van der Waals surface area contributed by atoms with E-state index in [9.17, 15) is 4.79 Å². The number of imidazole rings is 1. The van der Waals surface area contributed by atoms with Gasteiger partial charge >= 0.3 is 5.97 Å². The summed E-state index contributed by atoms with van der Waals surface area (Å²) in [6, 6.07) is 0. The summed E-state index contributed by atoms with van der Waals surface area (Å²) in [5.74, 6) is -0.0525. The predicted molar refractivity (Wildman–Crippen MR) is 54.5 cm³/mol. The number of hydrogen-bond donors (Lipinski definition) is 1. The summed E-state index contributed by atoms with van der Waals surface area (Å²) in [5, 5.41) is 6.40. The van der Waals surface area contributed by atoms with Crippen LogP contribution in [0.15, 0.2) is 12.5 Å². The first-order valence-electron chi connectivity index (χ1n) is 4.78. The summed E-state index contributed by atoms with van der Waals surface area (Å²) < 4.78 is 6.56. The first kappa shape index (κ1) is 10.3. The fourth-order valence-corrected chi connectivity index (χ4v) is 1.20. The molecule has 0 spiro atoms. The maximum absolute atomic E-state index is 11.3. The minimum Gasteiger partial charge on any atom is -0.460 e. The van der Waals surface area contributed by atoms with Crippen molar-refractivity contribution in [2.45, 2.75) is 6.92 Å². The third kappa shape index (κ3) is 1.92. The molecule has 0 unspecified atom stereocenters. The molecule has 0 saturated heterocycles. The van der Waals surface area contributed by atoms with Gasteiger partial charge in [0.05, 0.1) is 12.9 Å². The lowest BCUT2D eigenvalue weighted by molar-refractivity contribution is 0.0512. The normalized spacial score (nSPS) is 10.4. The Kier molecular flexibility index (Phi) is 2.67. The molecule has 0 aromatic carbocycles. The molecule has 84 valence electrons. The zero-order valence-electron chi connectivity index (χ0n) is 8.97. The second-order valence-corrected chi connectivity index (χ2v) is 3.15. The zero-order valence-corrected chi connectivity index (χ0v) is 8.97. The van der Waals surface area contributed by atoms with Gasteiger partial charge in [0.25, 0.3) is 0 Å². The van der Waals surface area contributed by atoms with Crippen molar-refractivity contribution < 1.29 is 9.53 Å². The average Bonchev–Trinajstić information content (AvgIpc) is 2.85. The molecule has 16 heavy (non-hydrogen) atoms. The highest BCUT2D eigenvalue weighted by molar-refractivity contribution is 5.85. The van der Waals surface area contributed by atoms with Gasteiger partial charge in [0, 0.05) is 13.2 Å². The van der Waals surface area contributed by atoms with Gasteiger partial charge in [-0.05, 0) is 6.92 Å². The molecule has 2 heterocycles. The van der Waals surface area contributed by atoms with Crippen LogP contribution in [0.4, 0.5) is 0 Å². The maximum atomic E-state index is 11.3. The van der Waals surface area contributed by atoms with E-state index in [1.165, 1.54) is 0 Å². The molecule has 2 aromatic rings. The van der Waals surface area contributed by atoms with E-state index in [1.807, 2.05) is 7.05 Å². The molecular weight excluding hydrogens is 210 g/mol. The molecule has 0 atom stereocenters. The highest BCUT2D eigenvalue weighted by Gasteiger charge is 2.14. The Morgan fingerprint density at radius 2 is 2.44 bits per heavy atom. The first-order chi connectivity index (χ1) is 7.70. The quantitative estimate of drug-likeness (QED) is 0.757. The lowest BCUT2D eigenvalue weighted by Crippen LogP contribution is -2.06. The zero-order chi connectivity index (χ0) is 11.5. The number of esters is 1. The van der Waals surface area contributed by atoms with Crippen LogP contribution in [-0.4, -0.2) is 37.3 Å². The Labute approximate surface area is 91.5 Å². The highest BCUT2D eigenvalue weighted by Crippen LogP contribution is 2.10. The van der Waals surface area contributed by atoms with Gasteiger partial charge in [-0.15, -0.1) is 0 Å². The molecule has 2 aromatic heterocycles. The van der Waals surface area contributed by atoms with E-state index in [2.05, 4.69) is 20.2 Å². The van der Waals surface area contributed by atoms with Gasteiger partial charge < -0.3 is 9.30 Å². The van der Waals surface area contributed by atoms with Crippen molar-refractivity contribution in [2.75, 3.05) is 6.61 Å². The second kappa shape index (κ2) is 4.13. The molecule has 7 heteroatoms. The van der Waals surface area contributed by atoms with Gasteiger partial charge in [-0.3, -0.25) is 5.10 Å². The third-order valence-electron chi connectivity index (χ3n) is 1.89. The SMILES string of the molecule is CCOC(=O)c1nc(-c2cn(C)cn2)n[nH]1. The summed E-state index contributed by atoms with van der Waals surface area (Å²) in [4.78, 5) is 19.4. The number of aromatic amines is 1. The maximum Gasteiger partial charge on any atom is 0.375 e. The molecule has 0 aliphatic rings. The molecule has 2 rings (SSSR count). The van der Waals surface area contributed by atoms with Gasteiger partial charge in [0.1, 0.15) is 5.69 Å². The van der Waals surface area contributed by atoms with Crippen molar-refractivity contribution in [3.8, 4) is 11.5 Å². The molecule has 0 amide bonds. The van der Waals surface area contributed by atoms with E-state index >= 15 is 0 Å². The fraction of sp³-hybridized carbons (Fsp3) is 0.333. The Balaban J connectivity index is 2.22. The Morgan fingerprint density at radius 1 is 1.62 bits per heavy atom. The Morgan fingerprint density at radius 3 is 3.06 bits per heavy atom. The molecule has 1 N–H and O–H groups in total. The minimum atomic E-state index is -0.516. The van der Waals surface area contributed by atoms with Crippen molar-refractivity contribution in [3.05, 3.63) is 18.3 Å². The van der Waals surface area contributed by atoms with Crippen LogP contribution in [0.25, 0.3) is 11.5 Å². The van der Waals surface area contributed by atoms with E-state index in [4.69, 9.17) is 4.74 Å². The summed E-state index contributed by atoms with van der Waals surface area (Å²) in [5.41, 5.74) is 0.606. The number of rotatable bonds is 3.